The first-order chi connectivity index (χ1) is 10.0. The third-order valence-corrected chi connectivity index (χ3v) is 4.12. The first-order valence-corrected chi connectivity index (χ1v) is 7.27. The van der Waals surface area contributed by atoms with E-state index in [0.29, 0.717) is 22.1 Å². The van der Waals surface area contributed by atoms with Crippen LogP contribution in [0.3, 0.4) is 0 Å². The quantitative estimate of drug-likeness (QED) is 0.752. The molecule has 108 valence electrons. The van der Waals surface area contributed by atoms with Gasteiger partial charge in [0.05, 0.1) is 5.69 Å². The summed E-state index contributed by atoms with van der Waals surface area (Å²) >= 11 is 0.958. The van der Waals surface area contributed by atoms with Crippen molar-refractivity contribution in [2.75, 3.05) is 11.1 Å². The van der Waals surface area contributed by atoms with Crippen LogP contribution in [0, 0.1) is 5.92 Å². The number of hydrogen-bond donors (Lipinski definition) is 3. The molecule has 21 heavy (non-hydrogen) atoms. The van der Waals surface area contributed by atoms with Gasteiger partial charge in [0.2, 0.25) is 5.91 Å². The normalized spacial score (nSPS) is 13.9. The van der Waals surface area contributed by atoms with Crippen molar-refractivity contribution in [2.24, 2.45) is 5.92 Å². The van der Waals surface area contributed by atoms with Crippen molar-refractivity contribution in [2.45, 2.75) is 12.8 Å². The summed E-state index contributed by atoms with van der Waals surface area (Å²) in [6.45, 7) is 0. The second-order valence-corrected chi connectivity index (χ2v) is 5.89. The molecule has 0 radical (unpaired) electrons. The van der Waals surface area contributed by atoms with Gasteiger partial charge in [0, 0.05) is 17.2 Å². The Hall–Kier alpha value is -2.41. The van der Waals surface area contributed by atoms with Crippen LogP contribution in [0.1, 0.15) is 22.5 Å². The number of amides is 1. The number of nitrogens with two attached hydrogens (primary N) is 1. The Kier molecular flexibility index (Phi) is 3.34. The van der Waals surface area contributed by atoms with Gasteiger partial charge >= 0.3 is 5.97 Å². The number of carbonyl (C=O) groups is 2. The summed E-state index contributed by atoms with van der Waals surface area (Å²) in [5, 5.41) is 12.3. The van der Waals surface area contributed by atoms with Crippen molar-refractivity contribution in [3.8, 4) is 11.3 Å². The SMILES string of the molecule is Nc1cccc(-c2nc(NC(=O)C3CC3)sc2C(=O)O)c1. The summed E-state index contributed by atoms with van der Waals surface area (Å²) in [6, 6.07) is 6.85. The molecule has 1 aromatic heterocycles. The molecule has 0 bridgehead atoms. The van der Waals surface area contributed by atoms with E-state index < -0.39 is 5.97 Å². The first kappa shape index (κ1) is 13.6. The largest absolute Gasteiger partial charge is 0.477 e. The Bertz CT molecular complexity index is 722. The van der Waals surface area contributed by atoms with Crippen LogP contribution in [0.2, 0.25) is 0 Å². The van der Waals surface area contributed by atoms with E-state index in [4.69, 9.17) is 5.73 Å². The predicted octanol–water partition coefficient (Wildman–Crippen LogP) is 2.44. The van der Waals surface area contributed by atoms with Gasteiger partial charge in [-0.3, -0.25) is 4.79 Å². The van der Waals surface area contributed by atoms with E-state index in [2.05, 4.69) is 10.3 Å². The lowest BCUT2D eigenvalue weighted by molar-refractivity contribution is -0.117. The van der Waals surface area contributed by atoms with Crippen molar-refractivity contribution in [1.82, 2.24) is 4.98 Å². The van der Waals surface area contributed by atoms with Gasteiger partial charge < -0.3 is 16.2 Å². The van der Waals surface area contributed by atoms with Crippen molar-refractivity contribution in [1.29, 1.82) is 0 Å². The summed E-state index contributed by atoms with van der Waals surface area (Å²) < 4.78 is 0. The summed E-state index contributed by atoms with van der Waals surface area (Å²) in [5.41, 5.74) is 7.19. The van der Waals surface area contributed by atoms with Crippen LogP contribution in [-0.2, 0) is 4.79 Å². The molecule has 0 unspecified atom stereocenters. The molecule has 0 aliphatic heterocycles. The number of rotatable bonds is 4. The Morgan fingerprint density at radius 3 is 2.76 bits per heavy atom. The molecule has 1 aromatic carbocycles. The van der Waals surface area contributed by atoms with E-state index in [9.17, 15) is 14.7 Å². The average Bonchev–Trinajstić information content (AvgIpc) is 3.20. The third-order valence-electron chi connectivity index (χ3n) is 3.16. The maximum atomic E-state index is 11.7. The second kappa shape index (κ2) is 5.17. The van der Waals surface area contributed by atoms with Crippen LogP contribution in [0.5, 0.6) is 0 Å². The number of hydrogen-bond acceptors (Lipinski definition) is 5. The maximum Gasteiger partial charge on any atom is 0.348 e. The number of nitrogen functional groups attached to an aromatic ring is 1. The van der Waals surface area contributed by atoms with Crippen molar-refractivity contribution >= 4 is 34.0 Å². The number of aromatic nitrogens is 1. The van der Waals surface area contributed by atoms with Crippen LogP contribution < -0.4 is 11.1 Å². The van der Waals surface area contributed by atoms with E-state index in [1.54, 1.807) is 24.3 Å². The maximum absolute atomic E-state index is 11.7. The highest BCUT2D eigenvalue weighted by molar-refractivity contribution is 7.18. The molecular formula is C14H13N3O3S. The minimum absolute atomic E-state index is 0.0398. The molecule has 4 N–H and O–H groups in total. The lowest BCUT2D eigenvalue weighted by atomic mass is 10.1. The number of benzene rings is 1. The van der Waals surface area contributed by atoms with Gasteiger partial charge in [-0.15, -0.1) is 0 Å². The molecule has 2 aromatic rings. The third kappa shape index (κ3) is 2.87. The van der Waals surface area contributed by atoms with Gasteiger partial charge in [-0.1, -0.05) is 23.5 Å². The molecule has 1 amide bonds. The minimum atomic E-state index is -1.07. The second-order valence-electron chi connectivity index (χ2n) is 4.89. The lowest BCUT2D eigenvalue weighted by Gasteiger charge is -2.00. The Morgan fingerprint density at radius 1 is 1.38 bits per heavy atom. The highest BCUT2D eigenvalue weighted by Gasteiger charge is 2.30. The molecule has 1 fully saturated rings. The highest BCUT2D eigenvalue weighted by Crippen LogP contribution is 2.34. The fourth-order valence-corrected chi connectivity index (χ4v) is 2.78. The molecule has 7 heteroatoms. The number of carbonyl (C=O) groups excluding carboxylic acids is 1. The number of thiazole rings is 1. The van der Waals surface area contributed by atoms with Gasteiger partial charge in [0.25, 0.3) is 0 Å². The van der Waals surface area contributed by atoms with Crippen LogP contribution in [0.25, 0.3) is 11.3 Å². The summed E-state index contributed by atoms with van der Waals surface area (Å²) in [6.07, 6.45) is 1.76. The fourth-order valence-electron chi connectivity index (χ4n) is 1.95. The van der Waals surface area contributed by atoms with Gasteiger partial charge in [-0.05, 0) is 25.0 Å². The molecular weight excluding hydrogens is 290 g/mol. The summed E-state index contributed by atoms with van der Waals surface area (Å²) in [7, 11) is 0. The smallest absolute Gasteiger partial charge is 0.348 e. The summed E-state index contributed by atoms with van der Waals surface area (Å²) in [5.74, 6) is -1.13. The van der Waals surface area contributed by atoms with E-state index in [1.807, 2.05) is 0 Å². The molecule has 1 aliphatic rings. The van der Waals surface area contributed by atoms with Crippen LogP contribution in [-0.4, -0.2) is 22.0 Å². The van der Waals surface area contributed by atoms with Crippen LogP contribution in [0.15, 0.2) is 24.3 Å². The number of nitrogens with one attached hydrogen (secondary N) is 1. The molecule has 1 aliphatic carbocycles. The summed E-state index contributed by atoms with van der Waals surface area (Å²) in [4.78, 5) is 27.4. The zero-order chi connectivity index (χ0) is 15.0. The Morgan fingerprint density at radius 2 is 2.14 bits per heavy atom. The van der Waals surface area contributed by atoms with Crippen molar-refractivity contribution < 1.29 is 14.7 Å². The van der Waals surface area contributed by atoms with Gasteiger partial charge in [-0.2, -0.15) is 0 Å². The molecule has 6 nitrogen and oxygen atoms in total. The highest BCUT2D eigenvalue weighted by atomic mass is 32.1. The predicted molar refractivity (Wildman–Crippen MR) is 80.3 cm³/mol. The van der Waals surface area contributed by atoms with Gasteiger partial charge in [0.1, 0.15) is 4.88 Å². The number of anilines is 2. The first-order valence-electron chi connectivity index (χ1n) is 6.45. The zero-order valence-electron chi connectivity index (χ0n) is 11.0. The van der Waals surface area contributed by atoms with Gasteiger partial charge in [0.15, 0.2) is 5.13 Å². The number of aromatic carboxylic acids is 1. The zero-order valence-corrected chi connectivity index (χ0v) is 11.8. The van der Waals surface area contributed by atoms with Crippen LogP contribution >= 0.6 is 11.3 Å². The molecule has 0 atom stereocenters. The number of nitrogens with zero attached hydrogens (tertiary/aromatic N) is 1. The minimum Gasteiger partial charge on any atom is -0.477 e. The van der Waals surface area contributed by atoms with Crippen molar-refractivity contribution in [3.05, 3.63) is 29.1 Å². The average molecular weight is 303 g/mol. The number of carboxylic acid groups (broad SMARTS) is 1. The van der Waals surface area contributed by atoms with E-state index in [1.165, 1.54) is 0 Å². The number of carboxylic acids is 1. The molecule has 3 rings (SSSR count). The van der Waals surface area contributed by atoms with Gasteiger partial charge in [-0.25, -0.2) is 9.78 Å². The van der Waals surface area contributed by atoms with Crippen molar-refractivity contribution in [3.63, 3.8) is 0 Å². The molecule has 1 saturated carbocycles. The molecule has 0 saturated heterocycles. The monoisotopic (exact) mass is 303 g/mol. The van der Waals surface area contributed by atoms with E-state index >= 15 is 0 Å². The Balaban J connectivity index is 1.96. The van der Waals surface area contributed by atoms with Crippen LogP contribution in [0.4, 0.5) is 10.8 Å². The molecule has 0 spiro atoms. The lowest BCUT2D eigenvalue weighted by Crippen LogP contribution is -2.12. The topological polar surface area (TPSA) is 105 Å². The fraction of sp³-hybridized carbons (Fsp3) is 0.214. The Labute approximate surface area is 124 Å². The van der Waals surface area contributed by atoms with E-state index in [-0.39, 0.29) is 16.7 Å². The standard InChI is InChI=1S/C14H13N3O3S/c15-9-3-1-2-8(6-9)10-11(13(19)20)21-14(16-10)17-12(18)7-4-5-7/h1-3,6-7H,4-5,15H2,(H,19,20)(H,16,17,18). The molecule has 1 heterocycles. The van der Waals surface area contributed by atoms with E-state index in [0.717, 1.165) is 24.2 Å².